The molecule has 0 saturated carbocycles. The summed E-state index contributed by atoms with van der Waals surface area (Å²) in [5, 5.41) is 2.92. The average molecular weight is 424 g/mol. The molecule has 0 spiro atoms. The van der Waals surface area contributed by atoms with Gasteiger partial charge in [0, 0.05) is 26.2 Å². The third-order valence-electron chi connectivity index (χ3n) is 6.83. The summed E-state index contributed by atoms with van der Waals surface area (Å²) in [5.41, 5.74) is 2.30. The Kier molecular flexibility index (Phi) is 6.56. The summed E-state index contributed by atoms with van der Waals surface area (Å²) in [4.78, 5) is 41.4. The number of amides is 3. The van der Waals surface area contributed by atoms with Crippen molar-refractivity contribution in [3.8, 4) is 0 Å². The summed E-state index contributed by atoms with van der Waals surface area (Å²) in [6.45, 7) is 7.90. The molecule has 166 valence electrons. The lowest BCUT2D eigenvalue weighted by molar-refractivity contribution is -0.143. The second-order valence-corrected chi connectivity index (χ2v) is 9.60. The number of nitrogens with zero attached hydrogens (tertiary/aromatic N) is 2. The number of allylic oxidation sites excluding steroid dienone is 2. The predicted molar refractivity (Wildman–Crippen MR) is 119 cm³/mol. The van der Waals surface area contributed by atoms with Crippen LogP contribution < -0.4 is 5.32 Å². The van der Waals surface area contributed by atoms with Gasteiger partial charge in [-0.1, -0.05) is 50.3 Å². The van der Waals surface area contributed by atoms with E-state index in [-0.39, 0.29) is 36.1 Å². The van der Waals surface area contributed by atoms with Gasteiger partial charge in [-0.25, -0.2) is 0 Å². The van der Waals surface area contributed by atoms with Crippen molar-refractivity contribution < 1.29 is 14.4 Å². The van der Waals surface area contributed by atoms with E-state index in [1.54, 1.807) is 0 Å². The topological polar surface area (TPSA) is 69.7 Å². The van der Waals surface area contributed by atoms with Crippen molar-refractivity contribution in [3.63, 3.8) is 0 Å². The Morgan fingerprint density at radius 1 is 0.968 bits per heavy atom. The van der Waals surface area contributed by atoms with Gasteiger partial charge in [-0.15, -0.1) is 0 Å². The van der Waals surface area contributed by atoms with Crippen molar-refractivity contribution >= 4 is 17.7 Å². The van der Waals surface area contributed by atoms with Crippen LogP contribution in [0.5, 0.6) is 0 Å². The minimum Gasteiger partial charge on any atom is -0.350 e. The van der Waals surface area contributed by atoms with E-state index in [4.69, 9.17) is 0 Å². The lowest BCUT2D eigenvalue weighted by atomic mass is 9.85. The number of piperidine rings is 1. The number of benzene rings is 1. The predicted octanol–water partition coefficient (Wildman–Crippen LogP) is 2.73. The van der Waals surface area contributed by atoms with Crippen LogP contribution in [0, 0.1) is 23.7 Å². The van der Waals surface area contributed by atoms with Crippen LogP contribution in [0.3, 0.4) is 0 Å². The molecule has 4 atom stereocenters. The van der Waals surface area contributed by atoms with Crippen molar-refractivity contribution in [3.05, 3.63) is 47.5 Å². The highest BCUT2D eigenvalue weighted by atomic mass is 16.2. The second kappa shape index (κ2) is 9.35. The molecule has 4 rings (SSSR count). The van der Waals surface area contributed by atoms with E-state index in [0.717, 1.165) is 30.1 Å². The summed E-state index contributed by atoms with van der Waals surface area (Å²) < 4.78 is 0. The number of carbonyl (C=O) groups is 3. The number of imide groups is 1. The molecule has 3 aliphatic rings. The fourth-order valence-electron chi connectivity index (χ4n) is 5.46. The van der Waals surface area contributed by atoms with E-state index in [9.17, 15) is 14.4 Å². The van der Waals surface area contributed by atoms with Crippen LogP contribution in [0.1, 0.15) is 44.2 Å². The fraction of sp³-hybridized carbons (Fsp3) is 0.560. The molecular weight excluding hydrogens is 390 g/mol. The van der Waals surface area contributed by atoms with E-state index < -0.39 is 0 Å². The van der Waals surface area contributed by atoms with Gasteiger partial charge in [0.15, 0.2) is 0 Å². The lowest BCUT2D eigenvalue weighted by Crippen LogP contribution is -2.41. The van der Waals surface area contributed by atoms with Crippen molar-refractivity contribution in [2.24, 2.45) is 23.7 Å². The Morgan fingerprint density at radius 2 is 1.55 bits per heavy atom. The minimum absolute atomic E-state index is 0.187. The number of likely N-dealkylation sites (tertiary alicyclic amines) is 2. The van der Waals surface area contributed by atoms with Gasteiger partial charge >= 0.3 is 0 Å². The molecule has 0 unspecified atom stereocenters. The maximum atomic E-state index is 12.6. The molecule has 2 heterocycles. The van der Waals surface area contributed by atoms with Gasteiger partial charge in [0.05, 0.1) is 11.8 Å². The normalized spacial score (nSPS) is 28.6. The molecule has 0 radical (unpaired) electrons. The van der Waals surface area contributed by atoms with E-state index in [1.807, 2.05) is 30.4 Å². The van der Waals surface area contributed by atoms with Gasteiger partial charge in [0.2, 0.25) is 17.7 Å². The average Bonchev–Trinajstić information content (AvgIpc) is 2.97. The SMILES string of the molecule is C[C@@H]1C[C@@H](C)CN(Cc2ccccc2CNC(=O)CN2C(=O)[C@H]3CC=CC[C@H]3C2=O)C1. The smallest absolute Gasteiger partial charge is 0.240 e. The number of rotatable bonds is 6. The zero-order valence-corrected chi connectivity index (χ0v) is 18.5. The van der Waals surface area contributed by atoms with E-state index in [1.165, 1.54) is 12.0 Å². The monoisotopic (exact) mass is 423 g/mol. The Hall–Kier alpha value is -2.47. The van der Waals surface area contributed by atoms with Gasteiger partial charge in [-0.05, 0) is 42.2 Å². The first-order chi connectivity index (χ1) is 14.9. The van der Waals surface area contributed by atoms with Gasteiger partial charge in [-0.3, -0.25) is 24.2 Å². The summed E-state index contributed by atoms with van der Waals surface area (Å²) >= 11 is 0. The van der Waals surface area contributed by atoms with Crippen LogP contribution in [-0.4, -0.2) is 47.2 Å². The van der Waals surface area contributed by atoms with Gasteiger partial charge in [0.25, 0.3) is 0 Å². The largest absolute Gasteiger partial charge is 0.350 e. The molecular formula is C25H33N3O3. The van der Waals surface area contributed by atoms with E-state index >= 15 is 0 Å². The highest BCUT2D eigenvalue weighted by Crippen LogP contribution is 2.34. The molecule has 1 aromatic carbocycles. The molecule has 6 nitrogen and oxygen atoms in total. The quantitative estimate of drug-likeness (QED) is 0.564. The number of hydrogen-bond donors (Lipinski definition) is 1. The maximum absolute atomic E-state index is 12.6. The highest BCUT2D eigenvalue weighted by molar-refractivity contribution is 6.07. The molecule has 2 saturated heterocycles. The molecule has 2 fully saturated rings. The Bertz CT molecular complexity index is 845. The molecule has 1 aromatic rings. The van der Waals surface area contributed by atoms with Crippen molar-refractivity contribution in [2.45, 2.75) is 46.2 Å². The molecule has 31 heavy (non-hydrogen) atoms. The molecule has 0 bridgehead atoms. The second-order valence-electron chi connectivity index (χ2n) is 9.60. The Morgan fingerprint density at radius 3 is 2.16 bits per heavy atom. The third-order valence-corrected chi connectivity index (χ3v) is 6.83. The zero-order valence-electron chi connectivity index (χ0n) is 18.5. The van der Waals surface area contributed by atoms with Gasteiger partial charge in [-0.2, -0.15) is 0 Å². The van der Waals surface area contributed by atoms with Crippen molar-refractivity contribution in [2.75, 3.05) is 19.6 Å². The standard InChI is InChI=1S/C25H33N3O3/c1-17-11-18(2)14-27(13-17)15-20-8-4-3-7-19(20)12-26-23(29)16-28-24(30)21-9-5-6-10-22(21)25(28)31/h3-8,17-18,21-22H,9-16H2,1-2H3,(H,26,29)/t17-,18-,21-,22+/m1/s1. The number of fused-ring (bicyclic) bond motifs is 1. The fourth-order valence-corrected chi connectivity index (χ4v) is 5.46. The van der Waals surface area contributed by atoms with E-state index in [2.05, 4.69) is 30.1 Å². The van der Waals surface area contributed by atoms with Crippen LogP contribution in [0.15, 0.2) is 36.4 Å². The van der Waals surface area contributed by atoms with Crippen LogP contribution in [0.4, 0.5) is 0 Å². The van der Waals surface area contributed by atoms with Crippen molar-refractivity contribution in [1.82, 2.24) is 15.1 Å². The van der Waals surface area contributed by atoms with E-state index in [0.29, 0.717) is 31.2 Å². The molecule has 3 amide bonds. The molecule has 0 aromatic heterocycles. The summed E-state index contributed by atoms with van der Waals surface area (Å²) in [6, 6.07) is 8.18. The van der Waals surface area contributed by atoms with Crippen LogP contribution in [0.2, 0.25) is 0 Å². The van der Waals surface area contributed by atoms with Crippen LogP contribution in [-0.2, 0) is 27.5 Å². The first kappa shape index (κ1) is 21.8. The molecule has 1 aliphatic carbocycles. The van der Waals surface area contributed by atoms with Gasteiger partial charge in [0.1, 0.15) is 6.54 Å². The number of nitrogens with one attached hydrogen (secondary N) is 1. The lowest BCUT2D eigenvalue weighted by Gasteiger charge is -2.35. The first-order valence-electron chi connectivity index (χ1n) is 11.5. The zero-order chi connectivity index (χ0) is 22.0. The van der Waals surface area contributed by atoms with Crippen LogP contribution >= 0.6 is 0 Å². The first-order valence-corrected chi connectivity index (χ1v) is 11.5. The Labute approximate surface area is 184 Å². The number of hydrogen-bond acceptors (Lipinski definition) is 4. The summed E-state index contributed by atoms with van der Waals surface area (Å²) in [7, 11) is 0. The van der Waals surface area contributed by atoms with Crippen LogP contribution in [0.25, 0.3) is 0 Å². The third kappa shape index (κ3) is 4.90. The molecule has 1 N–H and O–H groups in total. The van der Waals surface area contributed by atoms with Crippen molar-refractivity contribution in [1.29, 1.82) is 0 Å². The maximum Gasteiger partial charge on any atom is 0.240 e. The number of carbonyl (C=O) groups excluding carboxylic acids is 3. The molecule has 6 heteroatoms. The highest BCUT2D eigenvalue weighted by Gasteiger charge is 2.47. The summed E-state index contributed by atoms with van der Waals surface area (Å²) in [5.74, 6) is 0.116. The Balaban J connectivity index is 1.34. The molecule has 2 aliphatic heterocycles. The summed E-state index contributed by atoms with van der Waals surface area (Å²) in [6.07, 6.45) is 6.37. The minimum atomic E-state index is -0.291. The van der Waals surface area contributed by atoms with Gasteiger partial charge < -0.3 is 5.32 Å².